The molecule has 1 atom stereocenters. The van der Waals surface area contributed by atoms with Gasteiger partial charge in [-0.15, -0.1) is 0 Å². The van der Waals surface area contributed by atoms with Crippen molar-refractivity contribution in [3.8, 4) is 11.6 Å². The van der Waals surface area contributed by atoms with Gasteiger partial charge in [0.25, 0.3) is 0 Å². The topological polar surface area (TPSA) is 42.4 Å². The van der Waals surface area contributed by atoms with Crippen molar-refractivity contribution in [3.63, 3.8) is 0 Å². The molecule has 1 heterocycles. The number of nitrogens with zero attached hydrogens (tertiary/aromatic N) is 1. The third-order valence-electron chi connectivity index (χ3n) is 3.53. The summed E-state index contributed by atoms with van der Waals surface area (Å²) in [4.78, 5) is 4.18. The molecule has 2 aromatic rings. The second-order valence-corrected chi connectivity index (χ2v) is 4.99. The monoisotopic (exact) mass is 255 g/mol. The average Bonchev–Trinajstić information content (AvgIpc) is 2.86. The van der Waals surface area contributed by atoms with Crippen LogP contribution in [-0.4, -0.2) is 10.1 Å². The third kappa shape index (κ3) is 2.61. The fraction of sp³-hybridized carbons (Fsp3) is 0.312. The van der Waals surface area contributed by atoms with Gasteiger partial charge < -0.3 is 9.84 Å². The molecule has 0 aliphatic heterocycles. The number of rotatable bonds is 3. The molecule has 0 saturated carbocycles. The van der Waals surface area contributed by atoms with Crippen LogP contribution in [0.25, 0.3) is 0 Å². The van der Waals surface area contributed by atoms with Crippen LogP contribution in [0, 0.1) is 0 Å². The number of aliphatic hydroxyl groups is 1. The minimum absolute atomic E-state index is 0.509. The number of fused-ring (bicyclic) bond motifs is 1. The van der Waals surface area contributed by atoms with Crippen molar-refractivity contribution in [2.45, 2.75) is 32.3 Å². The highest BCUT2D eigenvalue weighted by Gasteiger charge is 2.12. The fourth-order valence-electron chi connectivity index (χ4n) is 2.47. The summed E-state index contributed by atoms with van der Waals surface area (Å²) < 4.78 is 5.77. The van der Waals surface area contributed by atoms with E-state index in [4.69, 9.17) is 4.74 Å². The highest BCUT2D eigenvalue weighted by atomic mass is 16.5. The molecule has 0 radical (unpaired) electrons. The zero-order valence-corrected chi connectivity index (χ0v) is 11.0. The standard InChI is InChI=1S/C16H17NO2/c1-11(18)13-7-8-17-16(10-13)19-15-6-5-12-3-2-4-14(12)9-15/h5-11,18H,2-4H2,1H3. The largest absolute Gasteiger partial charge is 0.439 e. The first-order chi connectivity index (χ1) is 9.22. The lowest BCUT2D eigenvalue weighted by Crippen LogP contribution is -1.94. The van der Waals surface area contributed by atoms with E-state index >= 15 is 0 Å². The van der Waals surface area contributed by atoms with Crippen LogP contribution in [0.3, 0.4) is 0 Å². The Bertz CT molecular complexity index is 593. The first-order valence-corrected chi connectivity index (χ1v) is 6.66. The van der Waals surface area contributed by atoms with Gasteiger partial charge in [-0.2, -0.15) is 0 Å². The van der Waals surface area contributed by atoms with Crippen LogP contribution in [0.15, 0.2) is 36.5 Å². The number of aromatic nitrogens is 1. The zero-order valence-electron chi connectivity index (χ0n) is 11.0. The molecule has 3 heteroatoms. The number of hydrogen-bond acceptors (Lipinski definition) is 3. The molecule has 0 amide bonds. The lowest BCUT2D eigenvalue weighted by molar-refractivity contribution is 0.198. The van der Waals surface area contributed by atoms with E-state index in [1.807, 2.05) is 6.07 Å². The van der Waals surface area contributed by atoms with E-state index in [0.29, 0.717) is 5.88 Å². The van der Waals surface area contributed by atoms with Gasteiger partial charge in [0.15, 0.2) is 0 Å². The molecule has 1 unspecified atom stereocenters. The maximum Gasteiger partial charge on any atom is 0.219 e. The van der Waals surface area contributed by atoms with Crippen molar-refractivity contribution >= 4 is 0 Å². The highest BCUT2D eigenvalue weighted by Crippen LogP contribution is 2.28. The summed E-state index contributed by atoms with van der Waals surface area (Å²) in [5.74, 6) is 1.34. The minimum atomic E-state index is -0.509. The Morgan fingerprint density at radius 2 is 2.00 bits per heavy atom. The van der Waals surface area contributed by atoms with E-state index in [0.717, 1.165) is 17.7 Å². The lowest BCUT2D eigenvalue weighted by Gasteiger charge is -2.09. The first-order valence-electron chi connectivity index (χ1n) is 6.66. The van der Waals surface area contributed by atoms with Gasteiger partial charge in [0.1, 0.15) is 5.75 Å². The average molecular weight is 255 g/mol. The number of hydrogen-bond donors (Lipinski definition) is 1. The Hall–Kier alpha value is -1.87. The summed E-state index contributed by atoms with van der Waals surface area (Å²) in [6.07, 6.45) is 4.68. The second kappa shape index (κ2) is 5.02. The third-order valence-corrected chi connectivity index (χ3v) is 3.53. The van der Waals surface area contributed by atoms with E-state index in [-0.39, 0.29) is 0 Å². The van der Waals surface area contributed by atoms with E-state index in [9.17, 15) is 5.11 Å². The molecular weight excluding hydrogens is 238 g/mol. The summed E-state index contributed by atoms with van der Waals surface area (Å²) in [6.45, 7) is 1.73. The fourth-order valence-corrected chi connectivity index (χ4v) is 2.47. The van der Waals surface area contributed by atoms with E-state index in [2.05, 4.69) is 17.1 Å². The number of ether oxygens (including phenoxy) is 1. The second-order valence-electron chi connectivity index (χ2n) is 4.99. The van der Waals surface area contributed by atoms with Gasteiger partial charge in [-0.3, -0.25) is 0 Å². The molecule has 19 heavy (non-hydrogen) atoms. The van der Waals surface area contributed by atoms with E-state index in [1.165, 1.54) is 24.0 Å². The predicted octanol–water partition coefficient (Wildman–Crippen LogP) is 3.42. The molecule has 3 nitrogen and oxygen atoms in total. The van der Waals surface area contributed by atoms with Crippen molar-refractivity contribution in [1.82, 2.24) is 4.98 Å². The molecular formula is C16H17NO2. The molecule has 0 saturated heterocycles. The predicted molar refractivity (Wildman–Crippen MR) is 73.4 cm³/mol. The SMILES string of the molecule is CC(O)c1ccnc(Oc2ccc3c(c2)CCC3)c1. The minimum Gasteiger partial charge on any atom is -0.439 e. The molecule has 3 rings (SSSR count). The summed E-state index contributed by atoms with van der Waals surface area (Å²) in [5.41, 5.74) is 3.62. The van der Waals surface area contributed by atoms with Crippen LogP contribution in [-0.2, 0) is 12.8 Å². The van der Waals surface area contributed by atoms with Gasteiger partial charge in [-0.05, 0) is 61.1 Å². The van der Waals surface area contributed by atoms with Gasteiger partial charge in [0, 0.05) is 12.3 Å². The number of aryl methyl sites for hydroxylation is 2. The molecule has 0 spiro atoms. The number of pyridine rings is 1. The highest BCUT2D eigenvalue weighted by molar-refractivity contribution is 5.40. The number of benzene rings is 1. The van der Waals surface area contributed by atoms with Crippen molar-refractivity contribution < 1.29 is 9.84 Å². The normalized spacial score (nSPS) is 15.1. The Labute approximate surface area is 112 Å². The van der Waals surface area contributed by atoms with Crippen molar-refractivity contribution in [2.75, 3.05) is 0 Å². The Kier molecular flexibility index (Phi) is 3.22. The summed E-state index contributed by atoms with van der Waals surface area (Å²) in [5, 5.41) is 9.56. The molecule has 0 fully saturated rings. The van der Waals surface area contributed by atoms with Crippen LogP contribution in [0.5, 0.6) is 11.6 Å². The van der Waals surface area contributed by atoms with E-state index in [1.54, 1.807) is 25.3 Å². The summed E-state index contributed by atoms with van der Waals surface area (Å²) >= 11 is 0. The van der Waals surface area contributed by atoms with Gasteiger partial charge in [-0.1, -0.05) is 6.07 Å². The van der Waals surface area contributed by atoms with E-state index < -0.39 is 6.10 Å². The van der Waals surface area contributed by atoms with Crippen LogP contribution in [0.1, 0.15) is 36.1 Å². The molecule has 1 aromatic carbocycles. The van der Waals surface area contributed by atoms with Crippen molar-refractivity contribution in [1.29, 1.82) is 0 Å². The Morgan fingerprint density at radius 3 is 2.84 bits per heavy atom. The molecule has 98 valence electrons. The summed E-state index contributed by atoms with van der Waals surface area (Å²) in [7, 11) is 0. The smallest absolute Gasteiger partial charge is 0.219 e. The van der Waals surface area contributed by atoms with Crippen LogP contribution < -0.4 is 4.74 Å². The van der Waals surface area contributed by atoms with Crippen LogP contribution in [0.2, 0.25) is 0 Å². The van der Waals surface area contributed by atoms with Crippen molar-refractivity contribution in [2.24, 2.45) is 0 Å². The number of aliphatic hydroxyl groups excluding tert-OH is 1. The van der Waals surface area contributed by atoms with Gasteiger partial charge >= 0.3 is 0 Å². The maximum absolute atomic E-state index is 9.56. The lowest BCUT2D eigenvalue weighted by atomic mass is 10.1. The van der Waals surface area contributed by atoms with Gasteiger partial charge in [0.05, 0.1) is 6.10 Å². The molecule has 1 aromatic heterocycles. The maximum atomic E-state index is 9.56. The molecule has 1 aliphatic carbocycles. The van der Waals surface area contributed by atoms with Crippen LogP contribution in [0.4, 0.5) is 0 Å². The van der Waals surface area contributed by atoms with Crippen molar-refractivity contribution in [3.05, 3.63) is 53.2 Å². The van der Waals surface area contributed by atoms with Gasteiger partial charge in [0.2, 0.25) is 5.88 Å². The molecule has 0 bridgehead atoms. The Morgan fingerprint density at radius 1 is 1.16 bits per heavy atom. The van der Waals surface area contributed by atoms with Gasteiger partial charge in [-0.25, -0.2) is 4.98 Å². The quantitative estimate of drug-likeness (QED) is 0.913. The zero-order chi connectivity index (χ0) is 13.2. The first kappa shape index (κ1) is 12.2. The molecule has 1 aliphatic rings. The Balaban J connectivity index is 1.83. The molecule has 1 N–H and O–H groups in total. The van der Waals surface area contributed by atoms with Crippen LogP contribution >= 0.6 is 0 Å². The summed E-state index contributed by atoms with van der Waals surface area (Å²) in [6, 6.07) is 9.79.